The van der Waals surface area contributed by atoms with Crippen molar-refractivity contribution in [1.29, 1.82) is 0 Å². The van der Waals surface area contributed by atoms with Crippen LogP contribution in [0.15, 0.2) is 17.5 Å². The van der Waals surface area contributed by atoms with Crippen molar-refractivity contribution in [3.05, 3.63) is 34.5 Å². The van der Waals surface area contributed by atoms with Crippen LogP contribution in [0.4, 0.5) is 0 Å². The highest BCUT2D eigenvalue weighted by molar-refractivity contribution is 7.13. The second kappa shape index (κ2) is 7.44. The molecule has 1 aliphatic heterocycles. The summed E-state index contributed by atoms with van der Waals surface area (Å²) in [5.74, 6) is -0.110. The summed E-state index contributed by atoms with van der Waals surface area (Å²) in [4.78, 5) is 26.9. The van der Waals surface area contributed by atoms with Crippen molar-refractivity contribution in [2.24, 2.45) is 5.73 Å². The zero-order chi connectivity index (χ0) is 18.0. The Morgan fingerprint density at radius 1 is 1.36 bits per heavy atom. The highest BCUT2D eigenvalue weighted by Crippen LogP contribution is 2.36. The van der Waals surface area contributed by atoms with E-state index in [0.717, 1.165) is 60.7 Å². The number of hydrogen-bond donors (Lipinski definition) is 1. The Morgan fingerprint density at radius 3 is 2.72 bits per heavy atom. The predicted octanol–water partition coefficient (Wildman–Crippen LogP) is 3.20. The number of nitrogens with zero attached hydrogens (tertiary/aromatic N) is 2. The van der Waals surface area contributed by atoms with Gasteiger partial charge in [0.15, 0.2) is 0 Å². The fourth-order valence-corrected chi connectivity index (χ4v) is 4.61. The van der Waals surface area contributed by atoms with Crippen LogP contribution in [0.2, 0.25) is 0 Å². The van der Waals surface area contributed by atoms with Gasteiger partial charge in [-0.25, -0.2) is 0 Å². The number of primary amides is 1. The smallest absolute Gasteiger partial charge is 0.251 e. The first kappa shape index (κ1) is 17.7. The molecular weight excluding hydrogens is 334 g/mol. The third-order valence-electron chi connectivity index (χ3n) is 4.96. The van der Waals surface area contributed by atoms with Crippen molar-refractivity contribution >= 4 is 23.2 Å². The van der Waals surface area contributed by atoms with Crippen LogP contribution in [0.25, 0.3) is 10.4 Å². The molecule has 0 spiro atoms. The van der Waals surface area contributed by atoms with Gasteiger partial charge in [0.05, 0.1) is 5.56 Å². The Kier molecular flexibility index (Phi) is 5.27. The number of rotatable bonds is 7. The summed E-state index contributed by atoms with van der Waals surface area (Å²) < 4.78 is 2.22. The quantitative estimate of drug-likeness (QED) is 0.825. The zero-order valence-electron chi connectivity index (χ0n) is 14.9. The monoisotopic (exact) mass is 359 g/mol. The fraction of sp³-hybridized carbons (Fsp3) is 0.474. The van der Waals surface area contributed by atoms with E-state index in [9.17, 15) is 9.59 Å². The third-order valence-corrected chi connectivity index (χ3v) is 5.85. The van der Waals surface area contributed by atoms with Crippen molar-refractivity contribution in [2.75, 3.05) is 13.1 Å². The Balaban J connectivity index is 1.89. The number of carbonyl (C=O) groups excluding carboxylic acids is 2. The standard InChI is InChI=1S/C19H25N3O2S/c1-3-14-18(15-7-5-12-25-15)17(19(20)24)13(2)22(14)11-6-10-21-9-4-8-16(21)23/h5,7,12H,3-4,6,8-11H2,1-2H3,(H2,20,24). The van der Waals surface area contributed by atoms with Gasteiger partial charge in [0.2, 0.25) is 5.91 Å². The Bertz CT molecular complexity index is 777. The lowest BCUT2D eigenvalue weighted by atomic mass is 10.1. The summed E-state index contributed by atoms with van der Waals surface area (Å²) in [6, 6.07) is 4.04. The minimum atomic E-state index is -0.371. The molecule has 6 heteroatoms. The molecule has 3 rings (SSSR count). The Labute approximate surface area is 152 Å². The number of likely N-dealkylation sites (tertiary alicyclic amines) is 1. The topological polar surface area (TPSA) is 68.3 Å². The summed E-state index contributed by atoms with van der Waals surface area (Å²) in [7, 11) is 0. The normalized spacial score (nSPS) is 14.5. The van der Waals surface area contributed by atoms with E-state index >= 15 is 0 Å². The van der Waals surface area contributed by atoms with E-state index in [1.807, 2.05) is 29.3 Å². The average molecular weight is 359 g/mol. The van der Waals surface area contributed by atoms with Gasteiger partial charge in [0.1, 0.15) is 0 Å². The number of nitrogens with two attached hydrogens (primary N) is 1. The van der Waals surface area contributed by atoms with Crippen molar-refractivity contribution in [3.8, 4) is 10.4 Å². The molecule has 1 aliphatic rings. The van der Waals surface area contributed by atoms with E-state index in [0.29, 0.717) is 12.0 Å². The summed E-state index contributed by atoms with van der Waals surface area (Å²) >= 11 is 1.63. The lowest BCUT2D eigenvalue weighted by Crippen LogP contribution is -2.26. The molecule has 25 heavy (non-hydrogen) atoms. The number of thiophene rings is 1. The minimum Gasteiger partial charge on any atom is -0.366 e. The van der Waals surface area contributed by atoms with E-state index in [2.05, 4.69) is 11.5 Å². The molecule has 0 aliphatic carbocycles. The molecule has 3 heterocycles. The molecule has 134 valence electrons. The van der Waals surface area contributed by atoms with Crippen LogP contribution in [0.1, 0.15) is 47.9 Å². The van der Waals surface area contributed by atoms with Gasteiger partial charge in [-0.3, -0.25) is 9.59 Å². The van der Waals surface area contributed by atoms with Gasteiger partial charge in [-0.2, -0.15) is 0 Å². The highest BCUT2D eigenvalue weighted by atomic mass is 32.1. The van der Waals surface area contributed by atoms with Gasteiger partial charge in [0.25, 0.3) is 5.91 Å². The molecule has 2 aromatic heterocycles. The number of aromatic nitrogens is 1. The first-order valence-corrected chi connectivity index (χ1v) is 9.76. The molecule has 0 bridgehead atoms. The first-order valence-electron chi connectivity index (χ1n) is 8.88. The molecule has 2 amide bonds. The second-order valence-electron chi connectivity index (χ2n) is 6.47. The highest BCUT2D eigenvalue weighted by Gasteiger charge is 2.25. The van der Waals surface area contributed by atoms with Crippen molar-refractivity contribution in [2.45, 2.75) is 46.1 Å². The van der Waals surface area contributed by atoms with Gasteiger partial charge in [0, 0.05) is 47.9 Å². The minimum absolute atomic E-state index is 0.261. The first-order chi connectivity index (χ1) is 12.0. The van der Waals surface area contributed by atoms with Gasteiger partial charge < -0.3 is 15.2 Å². The van der Waals surface area contributed by atoms with Crippen LogP contribution >= 0.6 is 11.3 Å². The number of amides is 2. The van der Waals surface area contributed by atoms with Crippen molar-refractivity contribution < 1.29 is 9.59 Å². The predicted molar refractivity (Wildman–Crippen MR) is 101 cm³/mol. The molecule has 2 aromatic rings. The van der Waals surface area contributed by atoms with Crippen LogP contribution in [-0.2, 0) is 17.8 Å². The van der Waals surface area contributed by atoms with Crippen molar-refractivity contribution in [3.63, 3.8) is 0 Å². The van der Waals surface area contributed by atoms with Crippen LogP contribution < -0.4 is 5.73 Å². The fourth-order valence-electron chi connectivity index (χ4n) is 3.82. The van der Waals surface area contributed by atoms with Crippen LogP contribution in [-0.4, -0.2) is 34.4 Å². The lowest BCUT2D eigenvalue weighted by Gasteiger charge is -2.17. The molecule has 0 radical (unpaired) electrons. The molecule has 0 aromatic carbocycles. The summed E-state index contributed by atoms with van der Waals surface area (Å²) in [5, 5.41) is 2.02. The maximum atomic E-state index is 12.1. The van der Waals surface area contributed by atoms with Crippen LogP contribution in [0.5, 0.6) is 0 Å². The molecular formula is C19H25N3O2S. The maximum absolute atomic E-state index is 12.1. The number of hydrogen-bond acceptors (Lipinski definition) is 3. The largest absolute Gasteiger partial charge is 0.366 e. The van der Waals surface area contributed by atoms with E-state index in [4.69, 9.17) is 5.73 Å². The van der Waals surface area contributed by atoms with Crippen molar-refractivity contribution in [1.82, 2.24) is 9.47 Å². The number of carbonyl (C=O) groups is 2. The summed E-state index contributed by atoms with van der Waals surface area (Å²) in [6.07, 6.45) is 3.37. The average Bonchev–Trinajstić information content (AvgIpc) is 3.28. The van der Waals surface area contributed by atoms with E-state index in [1.165, 1.54) is 0 Å². The summed E-state index contributed by atoms with van der Waals surface area (Å²) in [5.41, 5.74) is 9.41. The Morgan fingerprint density at radius 2 is 2.16 bits per heavy atom. The van der Waals surface area contributed by atoms with Gasteiger partial charge in [-0.1, -0.05) is 13.0 Å². The van der Waals surface area contributed by atoms with Gasteiger partial charge in [-0.15, -0.1) is 11.3 Å². The van der Waals surface area contributed by atoms with Gasteiger partial charge in [-0.05, 0) is 37.6 Å². The lowest BCUT2D eigenvalue weighted by molar-refractivity contribution is -0.127. The van der Waals surface area contributed by atoms with Crippen LogP contribution in [0, 0.1) is 6.92 Å². The molecule has 1 saturated heterocycles. The van der Waals surface area contributed by atoms with E-state index in [-0.39, 0.29) is 11.8 Å². The molecule has 2 N–H and O–H groups in total. The zero-order valence-corrected chi connectivity index (χ0v) is 15.7. The Hall–Kier alpha value is -2.08. The van der Waals surface area contributed by atoms with E-state index < -0.39 is 0 Å². The van der Waals surface area contributed by atoms with E-state index in [1.54, 1.807) is 11.3 Å². The third kappa shape index (κ3) is 3.35. The SMILES string of the molecule is CCc1c(-c2cccs2)c(C(N)=O)c(C)n1CCCN1CCCC1=O. The molecule has 0 unspecified atom stereocenters. The maximum Gasteiger partial charge on any atom is 0.251 e. The molecule has 5 nitrogen and oxygen atoms in total. The van der Waals surface area contributed by atoms with Gasteiger partial charge >= 0.3 is 0 Å². The summed E-state index contributed by atoms with van der Waals surface area (Å²) in [6.45, 7) is 6.52. The molecule has 0 atom stereocenters. The molecule has 0 saturated carbocycles. The van der Waals surface area contributed by atoms with Crippen LogP contribution in [0.3, 0.4) is 0 Å². The molecule has 1 fully saturated rings. The second-order valence-corrected chi connectivity index (χ2v) is 7.41.